The summed E-state index contributed by atoms with van der Waals surface area (Å²) in [5.74, 6) is 0.278. The molecule has 0 aromatic heterocycles. The second kappa shape index (κ2) is 4.79. The molecule has 1 aromatic rings. The third-order valence-electron chi connectivity index (χ3n) is 3.55. The van der Waals surface area contributed by atoms with Gasteiger partial charge in [-0.25, -0.2) is 0 Å². The van der Waals surface area contributed by atoms with Crippen LogP contribution in [-0.2, 0) is 6.42 Å². The minimum absolute atomic E-state index is 0.0486. The molecular formula is C14H19NO. The van der Waals surface area contributed by atoms with Crippen LogP contribution in [0.5, 0.6) is 0 Å². The third kappa shape index (κ3) is 2.17. The summed E-state index contributed by atoms with van der Waals surface area (Å²) in [6, 6.07) is 8.01. The Labute approximate surface area is 96.8 Å². The van der Waals surface area contributed by atoms with E-state index >= 15 is 0 Å². The summed E-state index contributed by atoms with van der Waals surface area (Å²) in [5, 5.41) is 0. The number of aryl methyl sites for hydroxylation is 1. The number of ketones is 1. The molecule has 86 valence electrons. The van der Waals surface area contributed by atoms with Crippen LogP contribution in [0.3, 0.4) is 0 Å². The summed E-state index contributed by atoms with van der Waals surface area (Å²) in [5.41, 5.74) is 8.04. The second-order valence-corrected chi connectivity index (χ2v) is 4.62. The predicted octanol–water partition coefficient (Wildman–Crippen LogP) is 2.56. The summed E-state index contributed by atoms with van der Waals surface area (Å²) < 4.78 is 0. The van der Waals surface area contributed by atoms with E-state index < -0.39 is 0 Å². The Morgan fingerprint density at radius 3 is 2.50 bits per heavy atom. The number of hydrogen-bond donors (Lipinski definition) is 1. The van der Waals surface area contributed by atoms with E-state index in [0.717, 1.165) is 31.2 Å². The average Bonchev–Trinajstić information content (AvgIpc) is 2.75. The molecule has 2 nitrogen and oxygen atoms in total. The highest BCUT2D eigenvalue weighted by molar-refractivity contribution is 5.98. The number of benzene rings is 1. The van der Waals surface area contributed by atoms with E-state index in [1.165, 1.54) is 5.56 Å². The first-order chi connectivity index (χ1) is 7.72. The summed E-state index contributed by atoms with van der Waals surface area (Å²) in [7, 11) is 0. The molecule has 2 rings (SSSR count). The zero-order valence-corrected chi connectivity index (χ0v) is 9.78. The molecular weight excluding hydrogens is 198 g/mol. The van der Waals surface area contributed by atoms with Crippen LogP contribution < -0.4 is 5.73 Å². The van der Waals surface area contributed by atoms with E-state index in [1.807, 2.05) is 24.3 Å². The van der Waals surface area contributed by atoms with Gasteiger partial charge in [0, 0.05) is 17.5 Å². The number of hydrogen-bond acceptors (Lipinski definition) is 2. The fraction of sp³-hybridized carbons (Fsp3) is 0.500. The molecule has 1 aromatic carbocycles. The molecule has 16 heavy (non-hydrogen) atoms. The molecule has 1 fully saturated rings. The topological polar surface area (TPSA) is 43.1 Å². The number of Topliss-reactive ketones (excluding diaryl/α,β-unsaturated/α-hetero) is 1. The van der Waals surface area contributed by atoms with E-state index in [9.17, 15) is 4.79 Å². The fourth-order valence-corrected chi connectivity index (χ4v) is 2.43. The van der Waals surface area contributed by atoms with Crippen LogP contribution in [0.1, 0.15) is 42.1 Å². The lowest BCUT2D eigenvalue weighted by molar-refractivity contribution is 0.0913. The van der Waals surface area contributed by atoms with Crippen molar-refractivity contribution in [1.82, 2.24) is 0 Å². The molecule has 2 N–H and O–H groups in total. The van der Waals surface area contributed by atoms with Crippen molar-refractivity contribution in [3.8, 4) is 0 Å². The molecule has 0 radical (unpaired) electrons. The van der Waals surface area contributed by atoms with Crippen LogP contribution in [0.4, 0.5) is 0 Å². The number of carbonyl (C=O) groups is 1. The minimum Gasteiger partial charge on any atom is -0.327 e. The highest BCUT2D eigenvalue weighted by Crippen LogP contribution is 2.27. The van der Waals surface area contributed by atoms with E-state index in [2.05, 4.69) is 6.92 Å². The number of rotatable bonds is 3. The first-order valence-electron chi connectivity index (χ1n) is 6.11. The van der Waals surface area contributed by atoms with E-state index in [0.29, 0.717) is 0 Å². The lowest BCUT2D eigenvalue weighted by atomic mass is 9.93. The van der Waals surface area contributed by atoms with Gasteiger partial charge in [0.15, 0.2) is 5.78 Å². The van der Waals surface area contributed by atoms with Gasteiger partial charge in [-0.15, -0.1) is 0 Å². The summed E-state index contributed by atoms with van der Waals surface area (Å²) >= 11 is 0. The van der Waals surface area contributed by atoms with Gasteiger partial charge in [-0.2, -0.15) is 0 Å². The van der Waals surface area contributed by atoms with Crippen molar-refractivity contribution in [2.24, 2.45) is 11.7 Å². The molecule has 0 bridgehead atoms. The highest BCUT2D eigenvalue weighted by atomic mass is 16.1. The second-order valence-electron chi connectivity index (χ2n) is 4.62. The Morgan fingerprint density at radius 1 is 1.31 bits per heavy atom. The van der Waals surface area contributed by atoms with Gasteiger partial charge < -0.3 is 5.73 Å². The van der Waals surface area contributed by atoms with Crippen LogP contribution in [0.2, 0.25) is 0 Å². The van der Waals surface area contributed by atoms with Gasteiger partial charge in [0.2, 0.25) is 0 Å². The maximum absolute atomic E-state index is 12.2. The molecule has 0 aliphatic heterocycles. The SMILES string of the molecule is CCc1ccc(C(=O)C2CCCC2N)cc1. The van der Waals surface area contributed by atoms with Crippen LogP contribution in [-0.4, -0.2) is 11.8 Å². The van der Waals surface area contributed by atoms with Gasteiger partial charge in [-0.05, 0) is 24.8 Å². The maximum Gasteiger partial charge on any atom is 0.167 e. The molecule has 1 aliphatic rings. The first-order valence-corrected chi connectivity index (χ1v) is 6.11. The predicted molar refractivity (Wildman–Crippen MR) is 65.5 cm³/mol. The molecule has 0 heterocycles. The van der Waals surface area contributed by atoms with Gasteiger partial charge in [-0.1, -0.05) is 37.6 Å². The smallest absolute Gasteiger partial charge is 0.167 e. The largest absolute Gasteiger partial charge is 0.327 e. The van der Waals surface area contributed by atoms with Gasteiger partial charge in [0.05, 0.1) is 0 Å². The molecule has 2 unspecified atom stereocenters. The van der Waals surface area contributed by atoms with Crippen molar-refractivity contribution in [1.29, 1.82) is 0 Å². The fourth-order valence-electron chi connectivity index (χ4n) is 2.43. The first kappa shape index (κ1) is 11.3. The molecule has 1 saturated carbocycles. The minimum atomic E-state index is 0.0486. The van der Waals surface area contributed by atoms with Gasteiger partial charge in [-0.3, -0.25) is 4.79 Å². The third-order valence-corrected chi connectivity index (χ3v) is 3.55. The van der Waals surface area contributed by atoms with Crippen molar-refractivity contribution >= 4 is 5.78 Å². The molecule has 0 saturated heterocycles. The van der Waals surface area contributed by atoms with Crippen molar-refractivity contribution in [2.75, 3.05) is 0 Å². The number of nitrogens with two attached hydrogens (primary N) is 1. The maximum atomic E-state index is 12.2. The van der Waals surface area contributed by atoms with Gasteiger partial charge >= 0.3 is 0 Å². The standard InChI is InChI=1S/C14H19NO/c1-2-10-6-8-11(9-7-10)14(16)12-4-3-5-13(12)15/h6-9,12-13H,2-5,15H2,1H3. The molecule has 0 spiro atoms. The molecule has 2 atom stereocenters. The van der Waals surface area contributed by atoms with E-state index in [4.69, 9.17) is 5.73 Å². The van der Waals surface area contributed by atoms with Crippen molar-refractivity contribution < 1.29 is 4.79 Å². The Morgan fingerprint density at radius 2 is 2.00 bits per heavy atom. The zero-order chi connectivity index (χ0) is 11.5. The van der Waals surface area contributed by atoms with Crippen molar-refractivity contribution in [3.63, 3.8) is 0 Å². The van der Waals surface area contributed by atoms with Crippen LogP contribution in [0.25, 0.3) is 0 Å². The van der Waals surface area contributed by atoms with Crippen LogP contribution >= 0.6 is 0 Å². The zero-order valence-electron chi connectivity index (χ0n) is 9.78. The molecule has 0 amide bonds. The summed E-state index contributed by atoms with van der Waals surface area (Å²) in [6.45, 7) is 2.11. The Balaban J connectivity index is 2.14. The van der Waals surface area contributed by atoms with Crippen molar-refractivity contribution in [3.05, 3.63) is 35.4 Å². The highest BCUT2D eigenvalue weighted by Gasteiger charge is 2.30. The Bertz CT molecular complexity index is 369. The molecule has 2 heteroatoms. The van der Waals surface area contributed by atoms with Crippen LogP contribution in [0, 0.1) is 5.92 Å². The molecule has 1 aliphatic carbocycles. The Hall–Kier alpha value is -1.15. The average molecular weight is 217 g/mol. The summed E-state index contributed by atoms with van der Waals surface area (Å²) in [4.78, 5) is 12.2. The van der Waals surface area contributed by atoms with Crippen LogP contribution in [0.15, 0.2) is 24.3 Å². The normalized spacial score (nSPS) is 24.6. The quantitative estimate of drug-likeness (QED) is 0.791. The summed E-state index contributed by atoms with van der Waals surface area (Å²) in [6.07, 6.45) is 4.04. The van der Waals surface area contributed by atoms with Crippen molar-refractivity contribution in [2.45, 2.75) is 38.6 Å². The Kier molecular flexibility index (Phi) is 3.39. The lowest BCUT2D eigenvalue weighted by Crippen LogP contribution is -2.30. The van der Waals surface area contributed by atoms with E-state index in [-0.39, 0.29) is 17.7 Å². The number of carbonyl (C=O) groups excluding carboxylic acids is 1. The lowest BCUT2D eigenvalue weighted by Gasteiger charge is -2.14. The van der Waals surface area contributed by atoms with Gasteiger partial charge in [0.1, 0.15) is 0 Å². The monoisotopic (exact) mass is 217 g/mol. The van der Waals surface area contributed by atoms with Gasteiger partial charge in [0.25, 0.3) is 0 Å². The van der Waals surface area contributed by atoms with E-state index in [1.54, 1.807) is 0 Å².